The van der Waals surface area contributed by atoms with Crippen LogP contribution in [0.4, 0.5) is 26.3 Å². The van der Waals surface area contributed by atoms with E-state index in [4.69, 9.17) is 0 Å². The van der Waals surface area contributed by atoms with Gasteiger partial charge in [-0.05, 0) is 65.7 Å². The zero-order chi connectivity index (χ0) is 24.9. The zero-order valence-corrected chi connectivity index (χ0v) is 20.8. The van der Waals surface area contributed by atoms with Crippen LogP contribution in [0.1, 0.15) is 51.9 Å². The standard InChI is InChI=1S/C11H11F3S2.C8H5F3O.C3H8S2.CH4/c12-11(13,14)9-4-1-3-8(7-9)10-15-5-2-6-16-10;9-8(10,11)7-3-1-2-6(4-7)5-12;4-2-1-3-5;/h1,3-4,7,10H,2,5-6H2;1-5H;4-5H,1-3H2;1H4. The average molecular weight is 563 g/mol. The molecular weight excluding hydrogens is 535 g/mol. The lowest BCUT2D eigenvalue weighted by Crippen LogP contribution is -2.06. The highest BCUT2D eigenvalue weighted by atomic mass is 32.2. The first kappa shape index (κ1) is 33.1. The van der Waals surface area contributed by atoms with E-state index in [9.17, 15) is 31.1 Å². The minimum atomic E-state index is -4.38. The predicted octanol–water partition coefficient (Wildman–Crippen LogP) is 8.96. The summed E-state index contributed by atoms with van der Waals surface area (Å²) in [6.07, 6.45) is -5.97. The Hall–Kier alpha value is -0.910. The molecule has 0 atom stereocenters. The summed E-state index contributed by atoms with van der Waals surface area (Å²) in [5.74, 6) is 3.99. The molecule has 1 saturated heterocycles. The monoisotopic (exact) mass is 562 g/mol. The molecule has 0 radical (unpaired) electrons. The Kier molecular flexibility index (Phi) is 16.3. The maximum Gasteiger partial charge on any atom is 0.416 e. The van der Waals surface area contributed by atoms with Gasteiger partial charge in [0.2, 0.25) is 0 Å². The fourth-order valence-electron chi connectivity index (χ4n) is 2.40. The van der Waals surface area contributed by atoms with Crippen LogP contribution in [0.3, 0.4) is 0 Å². The molecule has 1 aliphatic rings. The molecule has 0 amide bonds. The van der Waals surface area contributed by atoms with Crippen molar-refractivity contribution >= 4 is 55.1 Å². The first-order valence-corrected chi connectivity index (χ1v) is 13.1. The first-order valence-electron chi connectivity index (χ1n) is 9.77. The second kappa shape index (κ2) is 16.7. The molecule has 34 heavy (non-hydrogen) atoms. The van der Waals surface area contributed by atoms with E-state index in [0.29, 0.717) is 6.29 Å². The van der Waals surface area contributed by atoms with E-state index in [1.165, 1.54) is 24.3 Å². The van der Waals surface area contributed by atoms with Crippen LogP contribution >= 0.6 is 48.8 Å². The van der Waals surface area contributed by atoms with Crippen LogP contribution in [0, 0.1) is 0 Å². The van der Waals surface area contributed by atoms with Crippen molar-refractivity contribution in [3.05, 3.63) is 70.8 Å². The van der Waals surface area contributed by atoms with Crippen molar-refractivity contribution < 1.29 is 31.1 Å². The molecule has 2 aromatic rings. The largest absolute Gasteiger partial charge is 0.416 e. The van der Waals surface area contributed by atoms with Crippen LogP contribution in [0.2, 0.25) is 0 Å². The topological polar surface area (TPSA) is 17.1 Å². The molecule has 0 N–H and O–H groups in total. The summed E-state index contributed by atoms with van der Waals surface area (Å²) in [5.41, 5.74) is -0.529. The lowest BCUT2D eigenvalue weighted by atomic mass is 10.1. The molecule has 3 rings (SSSR count). The predicted molar refractivity (Wildman–Crippen MR) is 140 cm³/mol. The summed E-state index contributed by atoms with van der Waals surface area (Å²) in [7, 11) is 0. The lowest BCUT2D eigenvalue weighted by Gasteiger charge is -2.21. The van der Waals surface area contributed by atoms with Gasteiger partial charge in [0, 0.05) is 5.56 Å². The quantitative estimate of drug-likeness (QED) is 0.220. The lowest BCUT2D eigenvalue weighted by molar-refractivity contribution is -0.138. The molecule has 192 valence electrons. The van der Waals surface area contributed by atoms with Gasteiger partial charge in [0.1, 0.15) is 6.29 Å². The van der Waals surface area contributed by atoms with Gasteiger partial charge in [0.25, 0.3) is 0 Å². The second-order valence-electron chi connectivity index (χ2n) is 6.59. The van der Waals surface area contributed by atoms with Gasteiger partial charge >= 0.3 is 12.4 Å². The van der Waals surface area contributed by atoms with Gasteiger partial charge in [-0.2, -0.15) is 51.6 Å². The number of thioether (sulfide) groups is 2. The van der Waals surface area contributed by atoms with Crippen LogP contribution in [0.25, 0.3) is 0 Å². The molecule has 1 nitrogen and oxygen atoms in total. The minimum Gasteiger partial charge on any atom is -0.298 e. The SMILES string of the molecule is C.FC(F)(F)c1cccc(C2SCCCS2)c1.O=Cc1cccc(C(F)(F)F)c1.SCCCS. The minimum absolute atomic E-state index is 0. The fourth-order valence-corrected chi connectivity index (χ4v) is 5.84. The van der Waals surface area contributed by atoms with Crippen molar-refractivity contribution in [2.24, 2.45) is 0 Å². The first-order chi connectivity index (χ1) is 15.5. The van der Waals surface area contributed by atoms with Crippen LogP contribution in [0.15, 0.2) is 48.5 Å². The van der Waals surface area contributed by atoms with E-state index < -0.39 is 23.5 Å². The highest BCUT2D eigenvalue weighted by Gasteiger charge is 2.31. The fraction of sp³-hybridized carbons (Fsp3) is 0.435. The Morgan fingerprint density at radius 1 is 0.853 bits per heavy atom. The van der Waals surface area contributed by atoms with Gasteiger partial charge in [-0.1, -0.05) is 31.7 Å². The maximum atomic E-state index is 12.5. The third kappa shape index (κ3) is 12.7. The van der Waals surface area contributed by atoms with Crippen molar-refractivity contribution in [1.82, 2.24) is 0 Å². The maximum absolute atomic E-state index is 12.5. The Morgan fingerprint density at radius 2 is 1.35 bits per heavy atom. The molecule has 11 heteroatoms. The number of thiol groups is 2. The number of hydrogen-bond acceptors (Lipinski definition) is 5. The molecule has 1 heterocycles. The number of aldehydes is 1. The van der Waals surface area contributed by atoms with E-state index in [1.807, 2.05) is 0 Å². The zero-order valence-electron chi connectivity index (χ0n) is 17.4. The summed E-state index contributed by atoms with van der Waals surface area (Å²) < 4.78 is 73.7. The molecule has 0 aromatic heterocycles. The van der Waals surface area contributed by atoms with Crippen molar-refractivity contribution in [2.75, 3.05) is 23.0 Å². The Balaban J connectivity index is 0.000000537. The summed E-state index contributed by atoms with van der Waals surface area (Å²) >= 11 is 11.4. The number of benzene rings is 2. The Labute approximate surface area is 216 Å². The van der Waals surface area contributed by atoms with E-state index in [1.54, 1.807) is 29.6 Å². The van der Waals surface area contributed by atoms with Gasteiger partial charge in [-0.3, -0.25) is 4.79 Å². The van der Waals surface area contributed by atoms with Crippen molar-refractivity contribution in [3.8, 4) is 0 Å². The molecule has 0 unspecified atom stereocenters. The smallest absolute Gasteiger partial charge is 0.298 e. The van der Waals surface area contributed by atoms with Crippen LogP contribution in [0.5, 0.6) is 0 Å². The van der Waals surface area contributed by atoms with Gasteiger partial charge in [-0.15, -0.1) is 23.5 Å². The van der Waals surface area contributed by atoms with E-state index in [-0.39, 0.29) is 17.6 Å². The summed E-state index contributed by atoms with van der Waals surface area (Å²) in [4.78, 5) is 10.1. The molecule has 2 aromatic carbocycles. The third-order valence-corrected chi connectivity index (χ3v) is 7.63. The highest BCUT2D eigenvalue weighted by Crippen LogP contribution is 2.44. The van der Waals surface area contributed by atoms with Crippen LogP contribution < -0.4 is 0 Å². The Morgan fingerprint density at radius 3 is 1.79 bits per heavy atom. The Bertz CT molecular complexity index is 835. The number of carbonyl (C=O) groups is 1. The number of halogens is 6. The van der Waals surface area contributed by atoms with Crippen molar-refractivity contribution in [3.63, 3.8) is 0 Å². The summed E-state index contributed by atoms with van der Waals surface area (Å²) in [5, 5.41) is 0. The summed E-state index contributed by atoms with van der Waals surface area (Å²) in [6, 6.07) is 9.94. The molecular formula is C23H28F6OS4. The second-order valence-corrected chi connectivity index (χ2v) is 10.2. The molecule has 0 spiro atoms. The van der Waals surface area contributed by atoms with E-state index in [0.717, 1.165) is 59.6 Å². The average Bonchev–Trinajstić information content (AvgIpc) is 2.80. The van der Waals surface area contributed by atoms with Gasteiger partial charge in [0.05, 0.1) is 15.7 Å². The molecule has 0 saturated carbocycles. The van der Waals surface area contributed by atoms with Gasteiger partial charge < -0.3 is 0 Å². The number of rotatable bonds is 4. The van der Waals surface area contributed by atoms with E-state index in [2.05, 4.69) is 25.3 Å². The molecule has 1 aliphatic heterocycles. The van der Waals surface area contributed by atoms with Crippen LogP contribution in [-0.2, 0) is 12.4 Å². The third-order valence-electron chi connectivity index (χ3n) is 3.98. The van der Waals surface area contributed by atoms with Crippen LogP contribution in [-0.4, -0.2) is 29.3 Å². The molecule has 0 aliphatic carbocycles. The van der Waals surface area contributed by atoms with Crippen molar-refractivity contribution in [1.29, 1.82) is 0 Å². The highest BCUT2D eigenvalue weighted by molar-refractivity contribution is 8.16. The van der Waals surface area contributed by atoms with E-state index >= 15 is 0 Å². The number of alkyl halides is 6. The van der Waals surface area contributed by atoms with Gasteiger partial charge in [0.15, 0.2) is 0 Å². The number of carbonyl (C=O) groups excluding carboxylic acids is 1. The molecule has 0 bridgehead atoms. The summed E-state index contributed by atoms with van der Waals surface area (Å²) in [6.45, 7) is 0. The molecule has 1 fully saturated rings. The van der Waals surface area contributed by atoms with Crippen molar-refractivity contribution in [2.45, 2.75) is 37.2 Å². The van der Waals surface area contributed by atoms with Gasteiger partial charge in [-0.25, -0.2) is 0 Å². The normalized spacial score (nSPS) is 14.0. The number of hydrogen-bond donors (Lipinski definition) is 2.